The molecule has 4 nitrogen and oxygen atoms in total. The van der Waals surface area contributed by atoms with Gasteiger partial charge in [-0.05, 0) is 26.0 Å². The largest absolute Gasteiger partial charge is 0.478 e. The number of thiol groups is 1. The van der Waals surface area contributed by atoms with Crippen molar-refractivity contribution in [3.05, 3.63) is 24.3 Å². The van der Waals surface area contributed by atoms with Crippen LogP contribution in [0.3, 0.4) is 0 Å². The SMILES string of the molecule is C=C(C)C(=O)O.C=C(C)C(=O)OC.CCCCCCCCCCCCS. The molecule has 0 aromatic carbocycles. The van der Waals surface area contributed by atoms with Gasteiger partial charge in [0.15, 0.2) is 0 Å². The van der Waals surface area contributed by atoms with E-state index in [4.69, 9.17) is 5.11 Å². The number of carboxylic acid groups (broad SMARTS) is 1. The fraction of sp³-hybridized carbons (Fsp3) is 0.714. The number of hydrogen-bond acceptors (Lipinski definition) is 4. The van der Waals surface area contributed by atoms with Gasteiger partial charge in [0.25, 0.3) is 0 Å². The van der Waals surface area contributed by atoms with E-state index in [0.29, 0.717) is 5.57 Å². The normalized spacial score (nSPS) is 9.12. The minimum absolute atomic E-state index is 0.176. The fourth-order valence-corrected chi connectivity index (χ4v) is 2.00. The van der Waals surface area contributed by atoms with Gasteiger partial charge in [0.2, 0.25) is 0 Å². The summed E-state index contributed by atoms with van der Waals surface area (Å²) in [4.78, 5) is 19.8. The van der Waals surface area contributed by atoms with Crippen molar-refractivity contribution in [2.45, 2.75) is 85.0 Å². The molecule has 26 heavy (non-hydrogen) atoms. The standard InChI is InChI=1S/C12H26S.C5H8O2.C4H6O2/c1-2-3-4-5-6-7-8-9-10-11-12-13;1-4(2)5(6)7-3;1-3(2)4(5)6/h13H,2-12H2,1H3;1H2,2-3H3;1H2,2H3,(H,5,6). The van der Waals surface area contributed by atoms with E-state index < -0.39 is 5.97 Å². The van der Waals surface area contributed by atoms with Crippen LogP contribution in [0.5, 0.6) is 0 Å². The van der Waals surface area contributed by atoms with Crippen molar-refractivity contribution in [1.29, 1.82) is 0 Å². The van der Waals surface area contributed by atoms with Crippen LogP contribution in [0.1, 0.15) is 85.0 Å². The van der Waals surface area contributed by atoms with Crippen LogP contribution in [0.15, 0.2) is 24.3 Å². The summed E-state index contributed by atoms with van der Waals surface area (Å²) in [5.74, 6) is -0.216. The average Bonchev–Trinajstić information content (AvgIpc) is 2.60. The number of methoxy groups -OCH3 is 1. The van der Waals surface area contributed by atoms with Crippen molar-refractivity contribution < 1.29 is 19.4 Å². The number of ether oxygens (including phenoxy) is 1. The third-order valence-corrected chi connectivity index (χ3v) is 3.73. The second-order valence-electron chi connectivity index (χ2n) is 6.26. The number of carbonyl (C=O) groups is 2. The number of carboxylic acids is 1. The van der Waals surface area contributed by atoms with Crippen molar-refractivity contribution in [2.75, 3.05) is 12.9 Å². The Morgan fingerprint density at radius 3 is 1.38 bits per heavy atom. The molecular weight excluding hydrogens is 348 g/mol. The molecule has 5 heteroatoms. The lowest BCUT2D eigenvalue weighted by atomic mass is 10.1. The molecule has 0 aliphatic heterocycles. The molecule has 0 aromatic rings. The van der Waals surface area contributed by atoms with Crippen LogP contribution in [0.4, 0.5) is 0 Å². The minimum Gasteiger partial charge on any atom is -0.478 e. The predicted octanol–water partition coefficient (Wildman–Crippen LogP) is 6.22. The highest BCUT2D eigenvalue weighted by Gasteiger charge is 1.95. The van der Waals surface area contributed by atoms with Crippen molar-refractivity contribution in [3.63, 3.8) is 0 Å². The van der Waals surface area contributed by atoms with Crippen LogP contribution >= 0.6 is 12.6 Å². The molecule has 0 aliphatic carbocycles. The number of hydrogen-bond donors (Lipinski definition) is 2. The van der Waals surface area contributed by atoms with Gasteiger partial charge in [0.05, 0.1) is 7.11 Å². The lowest BCUT2D eigenvalue weighted by Gasteiger charge is -2.00. The van der Waals surface area contributed by atoms with Crippen LogP contribution < -0.4 is 0 Å². The zero-order valence-electron chi connectivity index (χ0n) is 17.3. The van der Waals surface area contributed by atoms with E-state index in [1.165, 1.54) is 78.2 Å². The lowest BCUT2D eigenvalue weighted by Crippen LogP contribution is -1.98. The highest BCUT2D eigenvalue weighted by molar-refractivity contribution is 7.80. The summed E-state index contributed by atoms with van der Waals surface area (Å²) in [6.45, 7) is 11.8. The molecule has 0 radical (unpaired) electrons. The van der Waals surface area contributed by atoms with Crippen LogP contribution in [0.25, 0.3) is 0 Å². The topological polar surface area (TPSA) is 63.6 Å². The third-order valence-electron chi connectivity index (χ3n) is 3.41. The van der Waals surface area contributed by atoms with Gasteiger partial charge in [-0.3, -0.25) is 0 Å². The number of carbonyl (C=O) groups excluding carboxylic acids is 1. The predicted molar refractivity (Wildman–Crippen MR) is 115 cm³/mol. The van der Waals surface area contributed by atoms with E-state index in [-0.39, 0.29) is 11.5 Å². The number of unbranched alkanes of at least 4 members (excludes halogenated alkanes) is 9. The molecule has 0 aromatic heterocycles. The second kappa shape index (κ2) is 23.8. The van der Waals surface area contributed by atoms with Gasteiger partial charge >= 0.3 is 11.9 Å². The zero-order chi connectivity index (χ0) is 20.8. The first kappa shape index (κ1) is 29.5. The average molecular weight is 389 g/mol. The summed E-state index contributed by atoms with van der Waals surface area (Å²) >= 11 is 4.20. The van der Waals surface area contributed by atoms with E-state index in [1.54, 1.807) is 6.92 Å². The van der Waals surface area contributed by atoms with E-state index in [0.717, 1.165) is 5.75 Å². The molecule has 154 valence electrons. The molecule has 0 heterocycles. The maximum atomic E-state index is 10.2. The molecule has 0 saturated heterocycles. The Balaban J connectivity index is -0.000000342. The molecule has 0 unspecified atom stereocenters. The molecule has 0 rings (SSSR count). The van der Waals surface area contributed by atoms with Gasteiger partial charge in [0.1, 0.15) is 0 Å². The zero-order valence-corrected chi connectivity index (χ0v) is 18.2. The highest BCUT2D eigenvalue weighted by atomic mass is 32.1. The molecule has 1 N–H and O–H groups in total. The van der Waals surface area contributed by atoms with Crippen LogP contribution in [-0.2, 0) is 14.3 Å². The van der Waals surface area contributed by atoms with Gasteiger partial charge in [-0.25, -0.2) is 9.59 Å². The molecular formula is C21H40O4S. The molecule has 0 aliphatic rings. The van der Waals surface area contributed by atoms with E-state index in [2.05, 4.69) is 37.4 Å². The molecule has 0 atom stereocenters. The van der Waals surface area contributed by atoms with Gasteiger partial charge in [0, 0.05) is 11.1 Å². The maximum Gasteiger partial charge on any atom is 0.332 e. The smallest absolute Gasteiger partial charge is 0.332 e. The Morgan fingerprint density at radius 2 is 1.19 bits per heavy atom. The molecule has 0 amide bonds. The number of rotatable bonds is 12. The minimum atomic E-state index is -0.935. The van der Waals surface area contributed by atoms with Crippen molar-refractivity contribution in [1.82, 2.24) is 0 Å². The lowest BCUT2D eigenvalue weighted by molar-refractivity contribution is -0.136. The van der Waals surface area contributed by atoms with Crippen LogP contribution in [0.2, 0.25) is 0 Å². The maximum absolute atomic E-state index is 10.2. The van der Waals surface area contributed by atoms with Crippen LogP contribution in [0, 0.1) is 0 Å². The van der Waals surface area contributed by atoms with Gasteiger partial charge < -0.3 is 9.84 Å². The first-order valence-electron chi connectivity index (χ1n) is 9.47. The molecule has 0 spiro atoms. The van der Waals surface area contributed by atoms with E-state index in [9.17, 15) is 9.59 Å². The number of esters is 1. The molecule has 0 saturated carbocycles. The van der Waals surface area contributed by atoms with Gasteiger partial charge in [-0.1, -0.05) is 77.9 Å². The summed E-state index contributed by atoms with van der Waals surface area (Å²) in [7, 11) is 1.33. The van der Waals surface area contributed by atoms with E-state index >= 15 is 0 Å². The van der Waals surface area contributed by atoms with Crippen LogP contribution in [-0.4, -0.2) is 29.9 Å². The third kappa shape index (κ3) is 30.6. The summed E-state index contributed by atoms with van der Waals surface area (Å²) < 4.78 is 4.27. The fourth-order valence-electron chi connectivity index (χ4n) is 1.77. The van der Waals surface area contributed by atoms with Gasteiger partial charge in [-0.2, -0.15) is 12.6 Å². The van der Waals surface area contributed by atoms with Gasteiger partial charge in [-0.15, -0.1) is 0 Å². The first-order chi connectivity index (χ1) is 12.2. The Kier molecular flexibility index (Phi) is 27.0. The monoisotopic (exact) mass is 388 g/mol. The summed E-state index contributed by atoms with van der Waals surface area (Å²) in [6, 6.07) is 0. The van der Waals surface area contributed by atoms with Crippen molar-refractivity contribution >= 4 is 24.6 Å². The van der Waals surface area contributed by atoms with Crippen molar-refractivity contribution in [3.8, 4) is 0 Å². The molecule has 0 bridgehead atoms. The quantitative estimate of drug-likeness (QED) is 0.180. The Morgan fingerprint density at radius 1 is 0.846 bits per heavy atom. The van der Waals surface area contributed by atoms with Crippen molar-refractivity contribution in [2.24, 2.45) is 0 Å². The molecule has 0 fully saturated rings. The summed E-state index contributed by atoms with van der Waals surface area (Å²) in [5, 5.41) is 7.89. The highest BCUT2D eigenvalue weighted by Crippen LogP contribution is 2.10. The number of aliphatic carboxylic acids is 1. The first-order valence-corrected chi connectivity index (χ1v) is 10.1. The Labute approximate surface area is 166 Å². The van der Waals surface area contributed by atoms with E-state index in [1.807, 2.05) is 0 Å². The summed E-state index contributed by atoms with van der Waals surface area (Å²) in [6.07, 6.45) is 14.2. The second-order valence-corrected chi connectivity index (χ2v) is 6.71. The Hall–Kier alpha value is -1.23. The Bertz CT molecular complexity index is 356. The summed E-state index contributed by atoms with van der Waals surface area (Å²) in [5.41, 5.74) is 0.609.